The zero-order chi connectivity index (χ0) is 15.3. The average molecular weight is 290 g/mol. The van der Waals surface area contributed by atoms with Crippen LogP contribution in [0, 0.1) is 0 Å². The quantitative estimate of drug-likeness (QED) is 0.608. The van der Waals surface area contributed by atoms with Gasteiger partial charge < -0.3 is 10.6 Å². The topological polar surface area (TPSA) is 41.1 Å². The molecule has 3 nitrogen and oxygen atoms in total. The van der Waals surface area contributed by atoms with Gasteiger partial charge in [-0.1, -0.05) is 63.4 Å². The predicted octanol–water partition coefficient (Wildman–Crippen LogP) is 3.81. The van der Waals surface area contributed by atoms with Gasteiger partial charge in [0.25, 0.3) is 0 Å². The molecule has 0 aliphatic carbocycles. The molecular weight excluding hydrogens is 260 g/mol. The molecule has 1 atom stereocenters. The van der Waals surface area contributed by atoms with Crippen LogP contribution in [0.3, 0.4) is 0 Å². The Morgan fingerprint density at radius 3 is 2.48 bits per heavy atom. The van der Waals surface area contributed by atoms with Crippen molar-refractivity contribution in [3.8, 4) is 0 Å². The minimum Gasteiger partial charge on any atom is -0.356 e. The van der Waals surface area contributed by atoms with Crippen molar-refractivity contribution >= 4 is 5.91 Å². The minimum atomic E-state index is 0.143. The maximum Gasteiger partial charge on any atom is 0.221 e. The van der Waals surface area contributed by atoms with Gasteiger partial charge in [-0.25, -0.2) is 0 Å². The van der Waals surface area contributed by atoms with Crippen molar-refractivity contribution in [1.29, 1.82) is 0 Å². The maximum atomic E-state index is 11.6. The van der Waals surface area contributed by atoms with Crippen molar-refractivity contribution in [2.75, 3.05) is 13.1 Å². The van der Waals surface area contributed by atoms with Crippen molar-refractivity contribution in [1.82, 2.24) is 10.6 Å². The van der Waals surface area contributed by atoms with E-state index in [0.717, 1.165) is 25.9 Å². The first-order chi connectivity index (χ1) is 10.3. The van der Waals surface area contributed by atoms with Crippen LogP contribution in [-0.2, 0) is 4.79 Å². The zero-order valence-corrected chi connectivity index (χ0v) is 13.5. The summed E-state index contributed by atoms with van der Waals surface area (Å²) in [5.41, 5.74) is 1.32. The summed E-state index contributed by atoms with van der Waals surface area (Å²) in [5, 5.41) is 6.46. The van der Waals surface area contributed by atoms with E-state index in [1.54, 1.807) is 0 Å². The minimum absolute atomic E-state index is 0.143. The van der Waals surface area contributed by atoms with Crippen LogP contribution >= 0.6 is 0 Å². The predicted molar refractivity (Wildman–Crippen MR) is 89.2 cm³/mol. The fraction of sp³-hybridized carbons (Fsp3) is 0.611. The van der Waals surface area contributed by atoms with Gasteiger partial charge in [0, 0.05) is 25.6 Å². The highest BCUT2D eigenvalue weighted by atomic mass is 16.1. The van der Waals surface area contributed by atoms with Crippen LogP contribution in [0.1, 0.15) is 64.0 Å². The van der Waals surface area contributed by atoms with Crippen molar-refractivity contribution in [2.24, 2.45) is 0 Å². The molecule has 0 bridgehead atoms. The van der Waals surface area contributed by atoms with Crippen molar-refractivity contribution in [3.63, 3.8) is 0 Å². The third kappa shape index (κ3) is 7.86. The van der Waals surface area contributed by atoms with Gasteiger partial charge in [-0.15, -0.1) is 0 Å². The first-order valence-corrected chi connectivity index (χ1v) is 8.33. The van der Waals surface area contributed by atoms with Gasteiger partial charge in [0.1, 0.15) is 0 Å². The number of amides is 1. The molecule has 0 aliphatic rings. The van der Waals surface area contributed by atoms with Crippen LogP contribution < -0.4 is 10.6 Å². The number of unbranched alkanes of at least 4 members (excludes halogenated alkanes) is 2. The number of benzene rings is 1. The number of carbonyl (C=O) groups is 1. The summed E-state index contributed by atoms with van der Waals surface area (Å²) >= 11 is 0. The fourth-order valence-corrected chi connectivity index (χ4v) is 2.38. The van der Waals surface area contributed by atoms with Gasteiger partial charge in [-0.05, 0) is 18.4 Å². The monoisotopic (exact) mass is 290 g/mol. The molecule has 0 saturated heterocycles. The van der Waals surface area contributed by atoms with Gasteiger partial charge in [0.15, 0.2) is 0 Å². The van der Waals surface area contributed by atoms with Crippen LogP contribution in [0.4, 0.5) is 0 Å². The van der Waals surface area contributed by atoms with Gasteiger partial charge in [-0.3, -0.25) is 4.79 Å². The Bertz CT molecular complexity index is 378. The lowest BCUT2D eigenvalue weighted by molar-refractivity contribution is -0.121. The molecule has 1 rings (SSSR count). The molecule has 21 heavy (non-hydrogen) atoms. The van der Waals surface area contributed by atoms with Crippen LogP contribution in [0.5, 0.6) is 0 Å². The maximum absolute atomic E-state index is 11.6. The molecule has 0 radical (unpaired) electrons. The Kier molecular flexibility index (Phi) is 9.55. The van der Waals surface area contributed by atoms with Crippen molar-refractivity contribution in [3.05, 3.63) is 35.9 Å². The second-order valence-electron chi connectivity index (χ2n) is 5.51. The Morgan fingerprint density at radius 1 is 1.05 bits per heavy atom. The number of hydrogen-bond acceptors (Lipinski definition) is 2. The lowest BCUT2D eigenvalue weighted by Gasteiger charge is -2.19. The number of carbonyl (C=O) groups excluding carboxylic acids is 1. The number of hydrogen-bond donors (Lipinski definition) is 2. The summed E-state index contributed by atoms with van der Waals surface area (Å²) in [6.45, 7) is 5.80. The van der Waals surface area contributed by atoms with Crippen molar-refractivity contribution in [2.45, 2.75) is 58.4 Å². The normalized spacial score (nSPS) is 12.1. The summed E-state index contributed by atoms with van der Waals surface area (Å²) in [6.07, 6.45) is 6.41. The third-order valence-corrected chi connectivity index (χ3v) is 3.61. The Balaban J connectivity index is 2.40. The first kappa shape index (κ1) is 17.7. The van der Waals surface area contributed by atoms with E-state index in [4.69, 9.17) is 0 Å². The largest absolute Gasteiger partial charge is 0.356 e. The molecule has 1 unspecified atom stereocenters. The smallest absolute Gasteiger partial charge is 0.221 e. The van der Waals surface area contributed by atoms with E-state index in [1.165, 1.54) is 24.8 Å². The van der Waals surface area contributed by atoms with E-state index in [1.807, 2.05) is 6.07 Å². The molecule has 0 aromatic heterocycles. The van der Waals surface area contributed by atoms with E-state index >= 15 is 0 Å². The van der Waals surface area contributed by atoms with Gasteiger partial charge in [-0.2, -0.15) is 0 Å². The molecule has 118 valence electrons. The van der Waals surface area contributed by atoms with E-state index in [9.17, 15) is 4.79 Å². The van der Waals surface area contributed by atoms with Gasteiger partial charge >= 0.3 is 0 Å². The molecule has 2 N–H and O–H groups in total. The molecule has 0 fully saturated rings. The van der Waals surface area contributed by atoms with Crippen LogP contribution in [0.2, 0.25) is 0 Å². The molecule has 0 aliphatic heterocycles. The highest BCUT2D eigenvalue weighted by molar-refractivity contribution is 5.75. The third-order valence-electron chi connectivity index (χ3n) is 3.61. The Hall–Kier alpha value is -1.35. The first-order valence-electron chi connectivity index (χ1n) is 8.33. The molecule has 1 amide bonds. The van der Waals surface area contributed by atoms with E-state index in [0.29, 0.717) is 12.5 Å². The average Bonchev–Trinajstić information content (AvgIpc) is 2.52. The summed E-state index contributed by atoms with van der Waals surface area (Å²) in [5.74, 6) is 0.143. The zero-order valence-electron chi connectivity index (χ0n) is 13.5. The number of nitrogens with one attached hydrogen (secondary N) is 2. The molecule has 0 heterocycles. The molecule has 1 aromatic rings. The summed E-state index contributed by atoms with van der Waals surface area (Å²) in [4.78, 5) is 11.6. The van der Waals surface area contributed by atoms with Gasteiger partial charge in [0.2, 0.25) is 5.91 Å². The highest BCUT2D eigenvalue weighted by Crippen LogP contribution is 2.19. The van der Waals surface area contributed by atoms with E-state index in [-0.39, 0.29) is 5.91 Å². The van der Waals surface area contributed by atoms with Gasteiger partial charge in [0.05, 0.1) is 0 Å². The second-order valence-corrected chi connectivity index (χ2v) is 5.51. The second kappa shape index (κ2) is 11.3. The lowest BCUT2D eigenvalue weighted by atomic mass is 10.0. The Labute approximate surface area is 129 Å². The SMILES string of the molecule is CCCCCC(NCCC(=O)NCCC)c1ccccc1. The highest BCUT2D eigenvalue weighted by Gasteiger charge is 2.10. The molecule has 3 heteroatoms. The fourth-order valence-electron chi connectivity index (χ4n) is 2.38. The van der Waals surface area contributed by atoms with Crippen LogP contribution in [-0.4, -0.2) is 19.0 Å². The molecular formula is C18H30N2O. The van der Waals surface area contributed by atoms with E-state index in [2.05, 4.69) is 48.7 Å². The summed E-state index contributed by atoms with van der Waals surface area (Å²) in [6, 6.07) is 10.9. The number of rotatable bonds is 11. The van der Waals surface area contributed by atoms with Crippen LogP contribution in [0.15, 0.2) is 30.3 Å². The molecule has 1 aromatic carbocycles. The van der Waals surface area contributed by atoms with Crippen LogP contribution in [0.25, 0.3) is 0 Å². The lowest BCUT2D eigenvalue weighted by Crippen LogP contribution is -2.30. The van der Waals surface area contributed by atoms with Crippen molar-refractivity contribution < 1.29 is 4.79 Å². The standard InChI is InChI=1S/C18H30N2O/c1-3-5-7-12-17(16-10-8-6-9-11-16)19-15-13-18(21)20-14-4-2/h6,8-11,17,19H,3-5,7,12-15H2,1-2H3,(H,20,21). The Morgan fingerprint density at radius 2 is 1.81 bits per heavy atom. The summed E-state index contributed by atoms with van der Waals surface area (Å²) in [7, 11) is 0. The summed E-state index contributed by atoms with van der Waals surface area (Å²) < 4.78 is 0. The van der Waals surface area contributed by atoms with E-state index < -0.39 is 0 Å². The molecule has 0 saturated carbocycles. The molecule has 0 spiro atoms.